The molecule has 6 heteroatoms. The van der Waals surface area contributed by atoms with Crippen LogP contribution in [0.15, 0.2) is 48.5 Å². The SMILES string of the molecule is COc1ccc(CCN(CC(=O)Nc2ccc(OC)cc2)C(C)=O)cc1. The second-order valence-electron chi connectivity index (χ2n) is 5.82. The Bertz CT molecular complexity index is 726. The largest absolute Gasteiger partial charge is 0.497 e. The molecule has 0 aliphatic carbocycles. The van der Waals surface area contributed by atoms with E-state index in [0.717, 1.165) is 11.3 Å². The van der Waals surface area contributed by atoms with E-state index in [-0.39, 0.29) is 18.4 Å². The summed E-state index contributed by atoms with van der Waals surface area (Å²) in [5.74, 6) is 1.13. The summed E-state index contributed by atoms with van der Waals surface area (Å²) >= 11 is 0. The minimum Gasteiger partial charge on any atom is -0.497 e. The Morgan fingerprint density at radius 2 is 1.46 bits per heavy atom. The predicted molar refractivity (Wildman–Crippen MR) is 101 cm³/mol. The van der Waals surface area contributed by atoms with Crippen molar-refractivity contribution in [2.75, 3.05) is 32.6 Å². The highest BCUT2D eigenvalue weighted by Crippen LogP contribution is 2.15. The lowest BCUT2D eigenvalue weighted by Crippen LogP contribution is -2.37. The van der Waals surface area contributed by atoms with Gasteiger partial charge in [-0.1, -0.05) is 12.1 Å². The first kappa shape index (κ1) is 19.3. The van der Waals surface area contributed by atoms with Gasteiger partial charge in [0, 0.05) is 19.2 Å². The second kappa shape index (κ2) is 9.46. The zero-order chi connectivity index (χ0) is 18.9. The Morgan fingerprint density at radius 3 is 1.96 bits per heavy atom. The molecule has 6 nitrogen and oxygen atoms in total. The normalized spacial score (nSPS) is 10.1. The van der Waals surface area contributed by atoms with Crippen LogP contribution in [0.4, 0.5) is 5.69 Å². The summed E-state index contributed by atoms with van der Waals surface area (Å²) in [6.07, 6.45) is 0.666. The van der Waals surface area contributed by atoms with E-state index < -0.39 is 0 Å². The number of methoxy groups -OCH3 is 2. The van der Waals surface area contributed by atoms with E-state index in [0.29, 0.717) is 24.4 Å². The van der Waals surface area contributed by atoms with Gasteiger partial charge in [0.25, 0.3) is 0 Å². The van der Waals surface area contributed by atoms with Gasteiger partial charge in [-0.25, -0.2) is 0 Å². The van der Waals surface area contributed by atoms with Crippen LogP contribution in [0.2, 0.25) is 0 Å². The van der Waals surface area contributed by atoms with Gasteiger partial charge >= 0.3 is 0 Å². The molecule has 0 unspecified atom stereocenters. The van der Waals surface area contributed by atoms with Gasteiger partial charge in [-0.2, -0.15) is 0 Å². The first-order chi connectivity index (χ1) is 12.5. The Kier molecular flexibility index (Phi) is 7.02. The van der Waals surface area contributed by atoms with Gasteiger partial charge in [0.05, 0.1) is 20.8 Å². The topological polar surface area (TPSA) is 67.9 Å². The van der Waals surface area contributed by atoms with Crippen molar-refractivity contribution in [1.29, 1.82) is 0 Å². The van der Waals surface area contributed by atoms with Crippen molar-refractivity contribution in [3.05, 3.63) is 54.1 Å². The molecule has 2 aromatic rings. The first-order valence-corrected chi connectivity index (χ1v) is 8.34. The summed E-state index contributed by atoms with van der Waals surface area (Å²) in [7, 11) is 3.20. The third-order valence-electron chi connectivity index (χ3n) is 3.98. The fraction of sp³-hybridized carbons (Fsp3) is 0.300. The average Bonchev–Trinajstić information content (AvgIpc) is 2.66. The molecule has 0 fully saturated rings. The summed E-state index contributed by atoms with van der Waals surface area (Å²) in [4.78, 5) is 25.6. The quantitative estimate of drug-likeness (QED) is 0.790. The standard InChI is InChI=1S/C20H24N2O4/c1-15(23)22(13-12-16-4-8-18(25-2)9-5-16)14-20(24)21-17-6-10-19(26-3)11-7-17/h4-11H,12-14H2,1-3H3,(H,21,24). The predicted octanol–water partition coefficient (Wildman–Crippen LogP) is 2.73. The van der Waals surface area contributed by atoms with E-state index in [1.165, 1.54) is 11.8 Å². The number of carbonyl (C=O) groups is 2. The summed E-state index contributed by atoms with van der Waals surface area (Å²) in [6, 6.07) is 14.7. The maximum Gasteiger partial charge on any atom is 0.243 e. The number of hydrogen-bond acceptors (Lipinski definition) is 4. The van der Waals surface area contributed by atoms with E-state index in [4.69, 9.17) is 9.47 Å². The summed E-state index contributed by atoms with van der Waals surface area (Å²) < 4.78 is 10.2. The monoisotopic (exact) mass is 356 g/mol. The van der Waals surface area contributed by atoms with Crippen LogP contribution in [0.5, 0.6) is 11.5 Å². The van der Waals surface area contributed by atoms with Gasteiger partial charge in [0.15, 0.2) is 0 Å². The zero-order valence-corrected chi connectivity index (χ0v) is 15.3. The molecule has 0 spiro atoms. The smallest absolute Gasteiger partial charge is 0.243 e. The molecule has 2 aromatic carbocycles. The van der Waals surface area contributed by atoms with E-state index in [2.05, 4.69) is 5.32 Å². The number of rotatable bonds is 8. The molecule has 138 valence electrons. The second-order valence-corrected chi connectivity index (χ2v) is 5.82. The summed E-state index contributed by atoms with van der Waals surface area (Å²) in [6.45, 7) is 1.95. The molecular weight excluding hydrogens is 332 g/mol. The van der Waals surface area contributed by atoms with Crippen LogP contribution >= 0.6 is 0 Å². The number of benzene rings is 2. The van der Waals surface area contributed by atoms with Crippen LogP contribution in [0.3, 0.4) is 0 Å². The van der Waals surface area contributed by atoms with Gasteiger partial charge in [0.2, 0.25) is 11.8 Å². The number of nitrogens with zero attached hydrogens (tertiary/aromatic N) is 1. The number of hydrogen-bond donors (Lipinski definition) is 1. The van der Waals surface area contributed by atoms with E-state index in [1.807, 2.05) is 24.3 Å². The van der Waals surface area contributed by atoms with E-state index in [1.54, 1.807) is 38.5 Å². The number of anilines is 1. The first-order valence-electron chi connectivity index (χ1n) is 8.34. The van der Waals surface area contributed by atoms with Crippen molar-refractivity contribution in [1.82, 2.24) is 4.90 Å². The third kappa shape index (κ3) is 5.81. The lowest BCUT2D eigenvalue weighted by atomic mass is 10.1. The zero-order valence-electron chi connectivity index (χ0n) is 15.3. The molecule has 0 heterocycles. The van der Waals surface area contributed by atoms with Crippen LogP contribution in [-0.4, -0.2) is 44.0 Å². The summed E-state index contributed by atoms with van der Waals surface area (Å²) in [5.41, 5.74) is 1.74. The minimum atomic E-state index is -0.236. The molecule has 0 saturated carbocycles. The van der Waals surface area contributed by atoms with Crippen molar-refractivity contribution in [2.24, 2.45) is 0 Å². The molecule has 1 N–H and O–H groups in total. The van der Waals surface area contributed by atoms with Crippen LogP contribution < -0.4 is 14.8 Å². The number of amides is 2. The van der Waals surface area contributed by atoms with Crippen molar-refractivity contribution < 1.29 is 19.1 Å². The highest BCUT2D eigenvalue weighted by atomic mass is 16.5. The molecular formula is C20H24N2O4. The maximum absolute atomic E-state index is 12.2. The fourth-order valence-corrected chi connectivity index (χ4v) is 2.45. The highest BCUT2D eigenvalue weighted by Gasteiger charge is 2.14. The maximum atomic E-state index is 12.2. The Labute approximate surface area is 153 Å². The lowest BCUT2D eigenvalue weighted by molar-refractivity contribution is -0.132. The Morgan fingerprint density at radius 1 is 0.923 bits per heavy atom. The number of ether oxygens (including phenoxy) is 2. The average molecular weight is 356 g/mol. The highest BCUT2D eigenvalue weighted by molar-refractivity contribution is 5.94. The van der Waals surface area contributed by atoms with E-state index in [9.17, 15) is 9.59 Å². The van der Waals surface area contributed by atoms with Crippen molar-refractivity contribution in [2.45, 2.75) is 13.3 Å². The molecule has 2 rings (SSSR count). The molecule has 0 aliphatic rings. The van der Waals surface area contributed by atoms with E-state index >= 15 is 0 Å². The van der Waals surface area contributed by atoms with Crippen molar-refractivity contribution in [3.63, 3.8) is 0 Å². The van der Waals surface area contributed by atoms with Crippen LogP contribution in [0.25, 0.3) is 0 Å². The van der Waals surface area contributed by atoms with Gasteiger partial charge in [-0.05, 0) is 48.4 Å². The van der Waals surface area contributed by atoms with Crippen molar-refractivity contribution in [3.8, 4) is 11.5 Å². The van der Waals surface area contributed by atoms with Gasteiger partial charge in [0.1, 0.15) is 11.5 Å². The number of nitrogens with one attached hydrogen (secondary N) is 1. The summed E-state index contributed by atoms with van der Waals surface area (Å²) in [5, 5.41) is 2.79. The molecule has 0 atom stereocenters. The Balaban J connectivity index is 1.89. The Hall–Kier alpha value is -3.02. The molecule has 0 aliphatic heterocycles. The van der Waals surface area contributed by atoms with Crippen LogP contribution in [0, 0.1) is 0 Å². The lowest BCUT2D eigenvalue weighted by Gasteiger charge is -2.20. The molecule has 0 radical (unpaired) electrons. The molecule has 0 aromatic heterocycles. The minimum absolute atomic E-state index is 0.0114. The molecule has 0 saturated heterocycles. The van der Waals surface area contributed by atoms with Gasteiger partial charge in [-0.15, -0.1) is 0 Å². The molecule has 2 amide bonds. The molecule has 0 bridgehead atoms. The van der Waals surface area contributed by atoms with Crippen molar-refractivity contribution >= 4 is 17.5 Å². The number of carbonyl (C=O) groups excluding carboxylic acids is 2. The van der Waals surface area contributed by atoms with Gasteiger partial charge < -0.3 is 19.7 Å². The fourth-order valence-electron chi connectivity index (χ4n) is 2.45. The third-order valence-corrected chi connectivity index (χ3v) is 3.98. The molecule has 26 heavy (non-hydrogen) atoms. The van der Waals surface area contributed by atoms with Gasteiger partial charge in [-0.3, -0.25) is 9.59 Å². The van der Waals surface area contributed by atoms with Crippen LogP contribution in [-0.2, 0) is 16.0 Å². The van der Waals surface area contributed by atoms with Crippen LogP contribution in [0.1, 0.15) is 12.5 Å².